The third-order valence-electron chi connectivity index (χ3n) is 3.89. The number of benzene rings is 1. The number of nitrogen functional groups attached to an aromatic ring is 1. The van der Waals surface area contributed by atoms with Gasteiger partial charge in [0, 0.05) is 37.9 Å². The van der Waals surface area contributed by atoms with E-state index in [1.165, 1.54) is 0 Å². The number of likely N-dealkylation sites (N-methyl/N-ethyl adjacent to an activating group) is 1. The average molecular weight is 293 g/mol. The summed E-state index contributed by atoms with van der Waals surface area (Å²) in [5.41, 5.74) is 6.87. The highest BCUT2D eigenvalue weighted by Crippen LogP contribution is 2.32. The van der Waals surface area contributed by atoms with Gasteiger partial charge in [-0.2, -0.15) is 0 Å². The molecule has 116 valence electrons. The van der Waals surface area contributed by atoms with Crippen LogP contribution in [-0.4, -0.2) is 62.7 Å². The van der Waals surface area contributed by atoms with Crippen molar-refractivity contribution in [1.82, 2.24) is 9.80 Å². The molecule has 1 heterocycles. The molecule has 0 spiro atoms. The Balaban J connectivity index is 2.19. The number of nitrogens with zero attached hydrogens (tertiary/aromatic N) is 2. The molecule has 1 aromatic carbocycles. The minimum atomic E-state index is -0.0517. The second kappa shape index (κ2) is 6.67. The summed E-state index contributed by atoms with van der Waals surface area (Å²) in [4.78, 5) is 16.8. The van der Waals surface area contributed by atoms with Crippen LogP contribution in [0, 0.1) is 0 Å². The molecule has 0 saturated carbocycles. The van der Waals surface area contributed by atoms with Crippen LogP contribution in [-0.2, 0) is 0 Å². The first-order valence-electron chi connectivity index (χ1n) is 7.13. The van der Waals surface area contributed by atoms with Crippen LogP contribution in [0.5, 0.6) is 11.5 Å². The number of hydrogen-bond acceptors (Lipinski definition) is 5. The highest BCUT2D eigenvalue weighted by atomic mass is 16.5. The summed E-state index contributed by atoms with van der Waals surface area (Å²) in [6.45, 7) is 6.39. The average Bonchev–Trinajstić information content (AvgIpc) is 2.54. The quantitative estimate of drug-likeness (QED) is 0.841. The Morgan fingerprint density at radius 2 is 1.71 bits per heavy atom. The summed E-state index contributed by atoms with van der Waals surface area (Å²) in [6.07, 6.45) is 0. The largest absolute Gasteiger partial charge is 0.493 e. The van der Waals surface area contributed by atoms with Gasteiger partial charge in [0.05, 0.1) is 19.8 Å². The van der Waals surface area contributed by atoms with Crippen molar-refractivity contribution in [3.63, 3.8) is 0 Å². The Hall–Kier alpha value is -1.95. The maximum absolute atomic E-state index is 12.6. The summed E-state index contributed by atoms with van der Waals surface area (Å²) >= 11 is 0. The zero-order valence-corrected chi connectivity index (χ0v) is 12.9. The maximum Gasteiger partial charge on any atom is 0.256 e. The fraction of sp³-hybridized carbons (Fsp3) is 0.533. The standard InChI is InChI=1S/C15H23N3O3/c1-4-17-5-7-18(8-6-17)15(19)11-9-13(20-2)14(21-3)10-12(11)16/h9-10H,4-8,16H2,1-3H3. The van der Waals surface area contributed by atoms with E-state index < -0.39 is 0 Å². The first-order chi connectivity index (χ1) is 10.1. The lowest BCUT2D eigenvalue weighted by atomic mass is 10.1. The summed E-state index contributed by atoms with van der Waals surface area (Å²) in [6, 6.07) is 3.29. The molecular weight excluding hydrogens is 270 g/mol. The van der Waals surface area contributed by atoms with Gasteiger partial charge >= 0.3 is 0 Å². The van der Waals surface area contributed by atoms with Gasteiger partial charge in [-0.15, -0.1) is 0 Å². The molecule has 2 rings (SSSR count). The van der Waals surface area contributed by atoms with E-state index in [4.69, 9.17) is 15.2 Å². The van der Waals surface area contributed by atoms with E-state index in [2.05, 4.69) is 11.8 Å². The molecule has 0 unspecified atom stereocenters. The monoisotopic (exact) mass is 293 g/mol. The fourth-order valence-electron chi connectivity index (χ4n) is 2.52. The van der Waals surface area contributed by atoms with Gasteiger partial charge in [-0.3, -0.25) is 4.79 Å². The number of carbonyl (C=O) groups is 1. The van der Waals surface area contributed by atoms with Crippen LogP contribution >= 0.6 is 0 Å². The lowest BCUT2D eigenvalue weighted by Gasteiger charge is -2.34. The summed E-state index contributed by atoms with van der Waals surface area (Å²) in [7, 11) is 3.09. The molecule has 6 nitrogen and oxygen atoms in total. The highest BCUT2D eigenvalue weighted by Gasteiger charge is 2.24. The van der Waals surface area contributed by atoms with Gasteiger partial charge in [-0.05, 0) is 12.6 Å². The van der Waals surface area contributed by atoms with Crippen molar-refractivity contribution in [2.45, 2.75) is 6.92 Å². The predicted octanol–water partition coefficient (Wildman–Crippen LogP) is 1.06. The number of carbonyl (C=O) groups excluding carboxylic acids is 1. The molecule has 1 amide bonds. The third kappa shape index (κ3) is 3.21. The van der Waals surface area contributed by atoms with Crippen molar-refractivity contribution in [3.8, 4) is 11.5 Å². The summed E-state index contributed by atoms with van der Waals surface area (Å²) in [5, 5.41) is 0. The lowest BCUT2D eigenvalue weighted by molar-refractivity contribution is 0.0644. The molecule has 0 aromatic heterocycles. The molecule has 1 aliphatic rings. The van der Waals surface area contributed by atoms with E-state index in [0.717, 1.165) is 32.7 Å². The molecule has 21 heavy (non-hydrogen) atoms. The van der Waals surface area contributed by atoms with E-state index in [1.54, 1.807) is 26.4 Å². The third-order valence-corrected chi connectivity index (χ3v) is 3.89. The van der Waals surface area contributed by atoms with Gasteiger partial charge in [-0.1, -0.05) is 6.92 Å². The van der Waals surface area contributed by atoms with E-state index in [0.29, 0.717) is 22.7 Å². The van der Waals surface area contributed by atoms with Crippen LogP contribution in [0.25, 0.3) is 0 Å². The SMILES string of the molecule is CCN1CCN(C(=O)c2cc(OC)c(OC)cc2N)CC1. The summed E-state index contributed by atoms with van der Waals surface area (Å²) < 4.78 is 10.4. The lowest BCUT2D eigenvalue weighted by Crippen LogP contribution is -2.48. The minimum Gasteiger partial charge on any atom is -0.493 e. The van der Waals surface area contributed by atoms with Crippen molar-refractivity contribution in [2.75, 3.05) is 52.7 Å². The van der Waals surface area contributed by atoms with Crippen molar-refractivity contribution in [2.24, 2.45) is 0 Å². The van der Waals surface area contributed by atoms with E-state index in [9.17, 15) is 4.79 Å². The van der Waals surface area contributed by atoms with Crippen LogP contribution in [0.15, 0.2) is 12.1 Å². The van der Waals surface area contributed by atoms with Gasteiger partial charge in [0.2, 0.25) is 0 Å². The first kappa shape index (κ1) is 15.4. The zero-order valence-electron chi connectivity index (χ0n) is 12.9. The molecule has 1 aromatic rings. The second-order valence-corrected chi connectivity index (χ2v) is 5.02. The zero-order chi connectivity index (χ0) is 15.4. The van der Waals surface area contributed by atoms with Gasteiger partial charge < -0.3 is 25.0 Å². The van der Waals surface area contributed by atoms with Crippen molar-refractivity contribution in [3.05, 3.63) is 17.7 Å². The topological polar surface area (TPSA) is 68.0 Å². The smallest absolute Gasteiger partial charge is 0.256 e. The number of methoxy groups -OCH3 is 2. The van der Waals surface area contributed by atoms with Crippen molar-refractivity contribution < 1.29 is 14.3 Å². The molecular formula is C15H23N3O3. The highest BCUT2D eigenvalue weighted by molar-refractivity contribution is 6.00. The number of nitrogens with two attached hydrogens (primary N) is 1. The number of hydrogen-bond donors (Lipinski definition) is 1. The molecule has 6 heteroatoms. The number of piperazine rings is 1. The minimum absolute atomic E-state index is 0.0517. The number of anilines is 1. The van der Waals surface area contributed by atoms with Crippen LogP contribution in [0.1, 0.15) is 17.3 Å². The Morgan fingerprint density at radius 1 is 1.14 bits per heavy atom. The van der Waals surface area contributed by atoms with Gasteiger partial charge in [0.1, 0.15) is 0 Å². The first-order valence-corrected chi connectivity index (χ1v) is 7.13. The van der Waals surface area contributed by atoms with Gasteiger partial charge in [0.25, 0.3) is 5.91 Å². The summed E-state index contributed by atoms with van der Waals surface area (Å²) in [5.74, 6) is 0.994. The second-order valence-electron chi connectivity index (χ2n) is 5.02. The van der Waals surface area contributed by atoms with Crippen LogP contribution in [0.4, 0.5) is 5.69 Å². The number of rotatable bonds is 4. The molecule has 0 bridgehead atoms. The maximum atomic E-state index is 12.6. The van der Waals surface area contributed by atoms with E-state index in [1.807, 2.05) is 4.90 Å². The molecule has 1 saturated heterocycles. The molecule has 1 fully saturated rings. The van der Waals surface area contributed by atoms with Crippen molar-refractivity contribution >= 4 is 11.6 Å². The van der Waals surface area contributed by atoms with Gasteiger partial charge in [0.15, 0.2) is 11.5 Å². The Kier molecular flexibility index (Phi) is 4.90. The molecule has 0 aliphatic carbocycles. The predicted molar refractivity (Wildman–Crippen MR) is 82.0 cm³/mol. The molecule has 1 aliphatic heterocycles. The van der Waals surface area contributed by atoms with Crippen molar-refractivity contribution in [1.29, 1.82) is 0 Å². The number of amides is 1. The molecule has 0 atom stereocenters. The Labute approximate surface area is 125 Å². The van der Waals surface area contributed by atoms with E-state index >= 15 is 0 Å². The Bertz CT molecular complexity index is 511. The van der Waals surface area contributed by atoms with Crippen LogP contribution < -0.4 is 15.2 Å². The fourth-order valence-corrected chi connectivity index (χ4v) is 2.52. The van der Waals surface area contributed by atoms with Gasteiger partial charge in [-0.25, -0.2) is 0 Å². The van der Waals surface area contributed by atoms with Crippen LogP contribution in [0.2, 0.25) is 0 Å². The Morgan fingerprint density at radius 3 is 2.24 bits per heavy atom. The normalized spacial score (nSPS) is 15.9. The van der Waals surface area contributed by atoms with Crippen LogP contribution in [0.3, 0.4) is 0 Å². The molecule has 0 radical (unpaired) electrons. The van der Waals surface area contributed by atoms with E-state index in [-0.39, 0.29) is 5.91 Å². The number of ether oxygens (including phenoxy) is 2. The molecule has 2 N–H and O–H groups in total.